The van der Waals surface area contributed by atoms with Crippen molar-refractivity contribution in [2.45, 2.75) is 11.4 Å². The quantitative estimate of drug-likeness (QED) is 0.466. The van der Waals surface area contributed by atoms with Gasteiger partial charge in [-0.2, -0.15) is 5.10 Å². The topological polar surface area (TPSA) is 106 Å². The summed E-state index contributed by atoms with van der Waals surface area (Å²) in [5, 5.41) is 7.00. The molecule has 4 aromatic rings. The monoisotopic (exact) mass is 433 g/mol. The highest BCUT2D eigenvalue weighted by Gasteiger charge is 2.15. The summed E-state index contributed by atoms with van der Waals surface area (Å²) in [5.41, 5.74) is 1.61. The predicted molar refractivity (Wildman–Crippen MR) is 116 cm³/mol. The first-order valence-corrected chi connectivity index (χ1v) is 10.9. The van der Waals surface area contributed by atoms with E-state index < -0.39 is 10.0 Å². The van der Waals surface area contributed by atoms with Crippen LogP contribution < -0.4 is 10.0 Å². The van der Waals surface area contributed by atoms with Crippen molar-refractivity contribution < 1.29 is 13.2 Å². The van der Waals surface area contributed by atoms with E-state index in [0.717, 1.165) is 5.56 Å². The molecule has 2 heterocycles. The molecule has 31 heavy (non-hydrogen) atoms. The number of pyridine rings is 1. The molecule has 0 radical (unpaired) electrons. The second-order valence-corrected chi connectivity index (χ2v) is 8.30. The van der Waals surface area contributed by atoms with Gasteiger partial charge in [-0.1, -0.05) is 24.3 Å². The molecular formula is C22H19N5O3S. The molecule has 9 heteroatoms. The molecule has 4 rings (SSSR count). The van der Waals surface area contributed by atoms with Crippen molar-refractivity contribution in [3.05, 3.63) is 103 Å². The summed E-state index contributed by atoms with van der Waals surface area (Å²) in [4.78, 5) is 16.9. The van der Waals surface area contributed by atoms with Crippen LogP contribution in [0.5, 0.6) is 0 Å². The molecule has 0 fully saturated rings. The molecule has 156 valence electrons. The number of aromatic nitrogens is 3. The number of rotatable bonds is 7. The van der Waals surface area contributed by atoms with Gasteiger partial charge in [0.15, 0.2) is 5.82 Å². The third-order valence-corrected chi connectivity index (χ3v) is 5.88. The lowest BCUT2D eigenvalue weighted by molar-refractivity contribution is 0.0951. The fourth-order valence-electron chi connectivity index (χ4n) is 2.95. The van der Waals surface area contributed by atoms with Crippen molar-refractivity contribution in [2.24, 2.45) is 0 Å². The molecule has 0 unspecified atom stereocenters. The molecule has 0 atom stereocenters. The summed E-state index contributed by atoms with van der Waals surface area (Å²) in [7, 11) is -3.74. The molecule has 0 saturated carbocycles. The van der Waals surface area contributed by atoms with Crippen LogP contribution >= 0.6 is 0 Å². The van der Waals surface area contributed by atoms with E-state index in [1.807, 2.05) is 6.07 Å². The SMILES string of the molecule is O=C(NCc1cccnc1-n1cccn1)c1ccc(S(=O)(=O)Nc2ccccc2)cc1. The summed E-state index contributed by atoms with van der Waals surface area (Å²) >= 11 is 0. The molecule has 0 spiro atoms. The Morgan fingerprint density at radius 1 is 0.903 bits per heavy atom. The molecule has 0 saturated heterocycles. The zero-order valence-corrected chi connectivity index (χ0v) is 17.2. The number of nitrogens with zero attached hydrogens (tertiary/aromatic N) is 3. The van der Waals surface area contributed by atoms with Crippen LogP contribution in [0.2, 0.25) is 0 Å². The van der Waals surface area contributed by atoms with Gasteiger partial charge in [-0.15, -0.1) is 0 Å². The summed E-state index contributed by atoms with van der Waals surface area (Å²) < 4.78 is 29.2. The van der Waals surface area contributed by atoms with Gasteiger partial charge in [-0.3, -0.25) is 9.52 Å². The number of carbonyl (C=O) groups is 1. The summed E-state index contributed by atoms with van der Waals surface area (Å²) in [5.74, 6) is 0.302. The number of hydrogen-bond acceptors (Lipinski definition) is 5. The van der Waals surface area contributed by atoms with Gasteiger partial charge in [-0.05, 0) is 48.5 Å². The number of carbonyl (C=O) groups excluding carboxylic acids is 1. The number of amides is 1. The van der Waals surface area contributed by atoms with Crippen molar-refractivity contribution >= 4 is 21.6 Å². The molecule has 1 amide bonds. The van der Waals surface area contributed by atoms with Gasteiger partial charge in [0, 0.05) is 41.9 Å². The Morgan fingerprint density at radius 3 is 2.39 bits per heavy atom. The smallest absolute Gasteiger partial charge is 0.261 e. The van der Waals surface area contributed by atoms with Gasteiger partial charge in [0.1, 0.15) is 0 Å². The van der Waals surface area contributed by atoms with Crippen LogP contribution in [0.15, 0.2) is 96.3 Å². The van der Waals surface area contributed by atoms with Crippen LogP contribution in [0.25, 0.3) is 5.82 Å². The fraction of sp³-hybridized carbons (Fsp3) is 0.0455. The van der Waals surface area contributed by atoms with Gasteiger partial charge in [-0.25, -0.2) is 18.1 Å². The van der Waals surface area contributed by atoms with Crippen molar-refractivity contribution in [1.82, 2.24) is 20.1 Å². The Bertz CT molecular complexity index is 1270. The molecule has 0 aliphatic heterocycles. The van der Waals surface area contributed by atoms with E-state index >= 15 is 0 Å². The summed E-state index contributed by atoms with van der Waals surface area (Å²) in [6.07, 6.45) is 5.08. The van der Waals surface area contributed by atoms with Crippen LogP contribution in [-0.4, -0.2) is 29.1 Å². The Labute approximate surface area is 179 Å². The fourth-order valence-corrected chi connectivity index (χ4v) is 4.01. The first-order valence-electron chi connectivity index (χ1n) is 9.43. The number of sulfonamides is 1. The Balaban J connectivity index is 1.44. The molecule has 0 aliphatic carbocycles. The van der Waals surface area contributed by atoms with Crippen molar-refractivity contribution in [3.63, 3.8) is 0 Å². The normalized spacial score (nSPS) is 11.1. The minimum absolute atomic E-state index is 0.0705. The van der Waals surface area contributed by atoms with Gasteiger partial charge >= 0.3 is 0 Å². The summed E-state index contributed by atoms with van der Waals surface area (Å²) in [6, 6.07) is 19.8. The maximum atomic E-state index is 12.5. The zero-order chi connectivity index (χ0) is 21.7. The number of nitrogens with one attached hydrogen (secondary N) is 2. The molecular weight excluding hydrogens is 414 g/mol. The molecule has 2 N–H and O–H groups in total. The van der Waals surface area contributed by atoms with E-state index in [4.69, 9.17) is 0 Å². The lowest BCUT2D eigenvalue weighted by Crippen LogP contribution is -2.24. The van der Waals surface area contributed by atoms with Crippen LogP contribution in [0.1, 0.15) is 15.9 Å². The van der Waals surface area contributed by atoms with Gasteiger partial charge in [0.05, 0.1) is 4.90 Å². The number of anilines is 1. The lowest BCUT2D eigenvalue weighted by atomic mass is 10.2. The Kier molecular flexibility index (Phi) is 5.76. The molecule has 0 aliphatic rings. The second-order valence-electron chi connectivity index (χ2n) is 6.62. The van der Waals surface area contributed by atoms with E-state index in [1.54, 1.807) is 65.7 Å². The third-order valence-electron chi connectivity index (χ3n) is 4.48. The number of hydrogen-bond donors (Lipinski definition) is 2. The standard InChI is InChI=1S/C22H19N5O3S/c28-22(24-16-18-6-4-13-23-21(18)27-15-5-14-25-27)17-9-11-20(12-10-17)31(29,30)26-19-7-2-1-3-8-19/h1-15,26H,16H2,(H,24,28). The zero-order valence-electron chi connectivity index (χ0n) is 16.3. The number of para-hydroxylation sites is 1. The predicted octanol–water partition coefficient (Wildman–Crippen LogP) is 3.00. The molecule has 0 bridgehead atoms. The Morgan fingerprint density at radius 2 is 1.68 bits per heavy atom. The maximum absolute atomic E-state index is 12.5. The van der Waals surface area contributed by atoms with Crippen molar-refractivity contribution in [2.75, 3.05) is 4.72 Å². The van der Waals surface area contributed by atoms with Crippen molar-refractivity contribution in [1.29, 1.82) is 0 Å². The average molecular weight is 433 g/mol. The van der Waals surface area contributed by atoms with Gasteiger partial charge in [0.25, 0.3) is 15.9 Å². The lowest BCUT2D eigenvalue weighted by Gasteiger charge is -2.11. The summed E-state index contributed by atoms with van der Waals surface area (Å²) in [6.45, 7) is 0.247. The van der Waals surface area contributed by atoms with Crippen LogP contribution in [-0.2, 0) is 16.6 Å². The minimum atomic E-state index is -3.74. The number of benzene rings is 2. The van der Waals surface area contributed by atoms with E-state index in [-0.39, 0.29) is 17.3 Å². The first kappa shape index (κ1) is 20.3. The highest BCUT2D eigenvalue weighted by atomic mass is 32.2. The largest absolute Gasteiger partial charge is 0.348 e. The highest BCUT2D eigenvalue weighted by Crippen LogP contribution is 2.17. The van der Waals surface area contributed by atoms with E-state index in [9.17, 15) is 13.2 Å². The van der Waals surface area contributed by atoms with E-state index in [1.165, 1.54) is 24.3 Å². The second kappa shape index (κ2) is 8.80. The molecule has 2 aromatic carbocycles. The molecule has 8 nitrogen and oxygen atoms in total. The van der Waals surface area contributed by atoms with Gasteiger partial charge in [0.2, 0.25) is 0 Å². The van der Waals surface area contributed by atoms with Crippen LogP contribution in [0, 0.1) is 0 Å². The first-order chi connectivity index (χ1) is 15.0. The van der Waals surface area contributed by atoms with E-state index in [2.05, 4.69) is 20.1 Å². The Hall–Kier alpha value is -3.98. The van der Waals surface area contributed by atoms with Crippen LogP contribution in [0.3, 0.4) is 0 Å². The minimum Gasteiger partial charge on any atom is -0.348 e. The third kappa shape index (κ3) is 4.78. The molecule has 2 aromatic heterocycles. The highest BCUT2D eigenvalue weighted by molar-refractivity contribution is 7.92. The van der Waals surface area contributed by atoms with Gasteiger partial charge < -0.3 is 5.32 Å². The van der Waals surface area contributed by atoms with E-state index in [0.29, 0.717) is 17.1 Å². The van der Waals surface area contributed by atoms with Crippen LogP contribution in [0.4, 0.5) is 5.69 Å². The maximum Gasteiger partial charge on any atom is 0.261 e. The average Bonchev–Trinajstić information content (AvgIpc) is 3.33. The van der Waals surface area contributed by atoms with Crippen molar-refractivity contribution in [3.8, 4) is 5.82 Å².